The zero-order chi connectivity index (χ0) is 13.2. The van der Waals surface area contributed by atoms with Crippen LogP contribution in [0.4, 0.5) is 13.2 Å². The summed E-state index contributed by atoms with van der Waals surface area (Å²) in [6.45, 7) is 1.34. The lowest BCUT2D eigenvalue weighted by Gasteiger charge is -2.16. The van der Waals surface area contributed by atoms with Gasteiger partial charge in [-0.25, -0.2) is 0 Å². The van der Waals surface area contributed by atoms with Crippen molar-refractivity contribution in [3.8, 4) is 0 Å². The number of rotatable bonds is 3. The quantitative estimate of drug-likeness (QED) is 0.829. The number of halogens is 3. The summed E-state index contributed by atoms with van der Waals surface area (Å²) in [5.41, 5.74) is 1.05. The average molecular weight is 257 g/mol. The second-order valence-electron chi connectivity index (χ2n) is 4.57. The van der Waals surface area contributed by atoms with Crippen molar-refractivity contribution in [2.45, 2.75) is 19.1 Å². The van der Waals surface area contributed by atoms with E-state index in [1.165, 1.54) is 0 Å². The highest BCUT2D eigenvalue weighted by molar-refractivity contribution is 5.86. The largest absolute Gasteiger partial charge is 0.450 e. The van der Waals surface area contributed by atoms with Gasteiger partial charge in [-0.3, -0.25) is 9.69 Å². The van der Waals surface area contributed by atoms with E-state index in [2.05, 4.69) is 0 Å². The number of carbonyl (C=O) groups excluding carboxylic acids is 1. The minimum absolute atomic E-state index is 0.202. The second-order valence-corrected chi connectivity index (χ2v) is 4.57. The maximum absolute atomic E-state index is 12.3. The van der Waals surface area contributed by atoms with Crippen LogP contribution in [-0.4, -0.2) is 29.9 Å². The van der Waals surface area contributed by atoms with E-state index < -0.39 is 17.9 Å². The van der Waals surface area contributed by atoms with E-state index in [0.717, 1.165) is 5.56 Å². The van der Waals surface area contributed by atoms with Crippen LogP contribution in [-0.2, 0) is 11.3 Å². The number of ketones is 1. The van der Waals surface area contributed by atoms with Crippen molar-refractivity contribution in [2.24, 2.45) is 5.92 Å². The fourth-order valence-electron chi connectivity index (χ4n) is 2.26. The Bertz CT molecular complexity index is 416. The third-order valence-electron chi connectivity index (χ3n) is 3.17. The van der Waals surface area contributed by atoms with E-state index in [1.54, 1.807) is 0 Å². The summed E-state index contributed by atoms with van der Waals surface area (Å²) < 4.78 is 36.9. The summed E-state index contributed by atoms with van der Waals surface area (Å²) in [5, 5.41) is 0. The van der Waals surface area contributed by atoms with E-state index in [0.29, 0.717) is 19.5 Å². The fraction of sp³-hybridized carbons (Fsp3) is 0.462. The molecule has 18 heavy (non-hydrogen) atoms. The first kappa shape index (κ1) is 13.1. The van der Waals surface area contributed by atoms with Crippen molar-refractivity contribution < 1.29 is 18.0 Å². The summed E-state index contributed by atoms with van der Waals surface area (Å²) in [6, 6.07) is 9.54. The number of hydrogen-bond acceptors (Lipinski definition) is 2. The predicted octanol–water partition coefficient (Wildman–Crippen LogP) is 2.64. The Hall–Kier alpha value is -1.36. The van der Waals surface area contributed by atoms with Gasteiger partial charge in [-0.2, -0.15) is 13.2 Å². The van der Waals surface area contributed by atoms with Gasteiger partial charge in [0, 0.05) is 19.0 Å². The molecule has 1 fully saturated rings. The van der Waals surface area contributed by atoms with E-state index in [-0.39, 0.29) is 6.54 Å². The van der Waals surface area contributed by atoms with Crippen LogP contribution in [0.25, 0.3) is 0 Å². The molecule has 2 rings (SSSR count). The van der Waals surface area contributed by atoms with E-state index in [1.807, 2.05) is 35.2 Å². The van der Waals surface area contributed by atoms with E-state index in [9.17, 15) is 18.0 Å². The molecule has 0 unspecified atom stereocenters. The van der Waals surface area contributed by atoms with Crippen LogP contribution in [0.15, 0.2) is 30.3 Å². The lowest BCUT2D eigenvalue weighted by molar-refractivity contribution is -0.175. The molecule has 98 valence electrons. The molecule has 0 spiro atoms. The van der Waals surface area contributed by atoms with Crippen LogP contribution in [0.5, 0.6) is 0 Å². The van der Waals surface area contributed by atoms with Gasteiger partial charge in [-0.1, -0.05) is 30.3 Å². The standard InChI is InChI=1S/C13H14F3NO/c14-13(15,16)12(18)11-6-7-17(9-11)8-10-4-2-1-3-5-10/h1-5,11H,6-9H2/t11-/m0/s1. The minimum Gasteiger partial charge on any atom is -0.298 e. The molecule has 0 saturated carbocycles. The molecule has 0 aromatic heterocycles. The molecule has 1 saturated heterocycles. The SMILES string of the molecule is O=C([C@H]1CCN(Cc2ccccc2)C1)C(F)(F)F. The Kier molecular flexibility index (Phi) is 3.71. The average Bonchev–Trinajstić information content (AvgIpc) is 2.76. The number of alkyl halides is 3. The number of nitrogens with zero attached hydrogens (tertiary/aromatic N) is 1. The topological polar surface area (TPSA) is 20.3 Å². The van der Waals surface area contributed by atoms with Gasteiger partial charge in [0.2, 0.25) is 5.78 Å². The van der Waals surface area contributed by atoms with Crippen LogP contribution in [0, 0.1) is 5.92 Å². The summed E-state index contributed by atoms with van der Waals surface area (Å²) >= 11 is 0. The van der Waals surface area contributed by atoms with Crippen molar-refractivity contribution in [1.82, 2.24) is 4.90 Å². The predicted molar refractivity (Wildman–Crippen MR) is 60.9 cm³/mol. The van der Waals surface area contributed by atoms with Gasteiger partial charge in [0.15, 0.2) is 0 Å². The normalized spacial score (nSPS) is 21.2. The van der Waals surface area contributed by atoms with Gasteiger partial charge in [-0.05, 0) is 18.5 Å². The smallest absolute Gasteiger partial charge is 0.298 e. The molecule has 2 nitrogen and oxygen atoms in total. The van der Waals surface area contributed by atoms with Crippen molar-refractivity contribution in [3.05, 3.63) is 35.9 Å². The van der Waals surface area contributed by atoms with Gasteiger partial charge in [0.05, 0.1) is 0 Å². The molecule has 0 radical (unpaired) electrons. The maximum atomic E-state index is 12.3. The Balaban J connectivity index is 1.91. The molecule has 1 aliphatic heterocycles. The van der Waals surface area contributed by atoms with Crippen molar-refractivity contribution >= 4 is 5.78 Å². The Morgan fingerprint density at radius 1 is 1.28 bits per heavy atom. The zero-order valence-corrected chi connectivity index (χ0v) is 9.78. The van der Waals surface area contributed by atoms with Gasteiger partial charge < -0.3 is 0 Å². The molecule has 0 aliphatic carbocycles. The third kappa shape index (κ3) is 3.10. The van der Waals surface area contributed by atoms with Crippen LogP contribution in [0.1, 0.15) is 12.0 Å². The van der Waals surface area contributed by atoms with Crippen molar-refractivity contribution in [2.75, 3.05) is 13.1 Å². The maximum Gasteiger partial charge on any atom is 0.450 e. The molecule has 0 bridgehead atoms. The highest BCUT2D eigenvalue weighted by Crippen LogP contribution is 2.27. The first-order valence-electron chi connectivity index (χ1n) is 5.84. The fourth-order valence-corrected chi connectivity index (χ4v) is 2.26. The summed E-state index contributed by atoms with van der Waals surface area (Å²) in [4.78, 5) is 13.0. The minimum atomic E-state index is -4.70. The molecule has 1 aromatic carbocycles. The van der Waals surface area contributed by atoms with Crippen LogP contribution < -0.4 is 0 Å². The number of Topliss-reactive ketones (excluding diaryl/α,β-unsaturated/α-hetero) is 1. The molecular weight excluding hydrogens is 243 g/mol. The molecule has 1 aliphatic rings. The first-order valence-corrected chi connectivity index (χ1v) is 5.84. The van der Waals surface area contributed by atoms with Crippen LogP contribution in [0.3, 0.4) is 0 Å². The summed E-state index contributed by atoms with van der Waals surface area (Å²) in [5.74, 6) is -2.48. The number of benzene rings is 1. The molecule has 0 amide bonds. The van der Waals surface area contributed by atoms with Crippen molar-refractivity contribution in [1.29, 1.82) is 0 Å². The highest BCUT2D eigenvalue weighted by atomic mass is 19.4. The van der Waals surface area contributed by atoms with Gasteiger partial charge >= 0.3 is 6.18 Å². The highest BCUT2D eigenvalue weighted by Gasteiger charge is 2.45. The first-order chi connectivity index (χ1) is 8.47. The van der Waals surface area contributed by atoms with Crippen LogP contribution >= 0.6 is 0 Å². The van der Waals surface area contributed by atoms with Crippen molar-refractivity contribution in [3.63, 3.8) is 0 Å². The molecular formula is C13H14F3NO. The number of hydrogen-bond donors (Lipinski definition) is 0. The van der Waals surface area contributed by atoms with E-state index in [4.69, 9.17) is 0 Å². The van der Waals surface area contributed by atoms with Gasteiger partial charge in [0.25, 0.3) is 0 Å². The Morgan fingerprint density at radius 2 is 1.94 bits per heavy atom. The molecule has 1 atom stereocenters. The number of carbonyl (C=O) groups is 1. The monoisotopic (exact) mass is 257 g/mol. The number of likely N-dealkylation sites (tertiary alicyclic amines) is 1. The summed E-state index contributed by atoms with van der Waals surface area (Å²) in [6.07, 6.45) is -4.40. The van der Waals surface area contributed by atoms with Gasteiger partial charge in [0.1, 0.15) is 0 Å². The molecule has 1 aromatic rings. The van der Waals surface area contributed by atoms with E-state index >= 15 is 0 Å². The second kappa shape index (κ2) is 5.10. The lowest BCUT2D eigenvalue weighted by Crippen LogP contribution is -2.32. The Labute approximate surface area is 103 Å². The molecule has 1 heterocycles. The van der Waals surface area contributed by atoms with Gasteiger partial charge in [-0.15, -0.1) is 0 Å². The molecule has 0 N–H and O–H groups in total. The van der Waals surface area contributed by atoms with Crippen LogP contribution in [0.2, 0.25) is 0 Å². The molecule has 5 heteroatoms. The Morgan fingerprint density at radius 3 is 2.56 bits per heavy atom. The zero-order valence-electron chi connectivity index (χ0n) is 9.78. The third-order valence-corrected chi connectivity index (χ3v) is 3.17. The summed E-state index contributed by atoms with van der Waals surface area (Å²) in [7, 11) is 0. The lowest BCUT2D eigenvalue weighted by atomic mass is 10.0.